The first kappa shape index (κ1) is 18.1. The van der Waals surface area contributed by atoms with E-state index in [1.54, 1.807) is 30.3 Å². The van der Waals surface area contributed by atoms with Crippen LogP contribution in [0.25, 0.3) is 0 Å². The minimum Gasteiger partial charge on any atom is -0.490 e. The summed E-state index contributed by atoms with van der Waals surface area (Å²) in [7, 11) is 0. The Balaban J connectivity index is 1.77. The summed E-state index contributed by atoms with van der Waals surface area (Å²) in [4.78, 5) is 12.7. The van der Waals surface area contributed by atoms with E-state index in [4.69, 9.17) is 9.47 Å². The van der Waals surface area contributed by atoms with Crippen molar-refractivity contribution in [1.29, 1.82) is 0 Å². The molecule has 0 saturated heterocycles. The van der Waals surface area contributed by atoms with Crippen molar-refractivity contribution >= 4 is 5.91 Å². The van der Waals surface area contributed by atoms with Gasteiger partial charge in [-0.25, -0.2) is 0 Å². The number of carbonyl (C=O) groups excluding carboxylic acids is 1. The summed E-state index contributed by atoms with van der Waals surface area (Å²) >= 11 is 0. The number of ether oxygens (including phenoxy) is 2. The molecule has 0 fully saturated rings. The molecule has 26 heavy (non-hydrogen) atoms. The van der Waals surface area contributed by atoms with E-state index in [0.717, 1.165) is 29.0 Å². The second-order valence-corrected chi connectivity index (χ2v) is 7.26. The van der Waals surface area contributed by atoms with Gasteiger partial charge in [0.2, 0.25) is 0 Å². The number of rotatable bonds is 5. The molecule has 1 atom stereocenters. The normalized spacial score (nSPS) is 17.6. The molecule has 1 aliphatic rings. The summed E-state index contributed by atoms with van der Waals surface area (Å²) in [6.45, 7) is 10.2. The minimum absolute atomic E-state index is 0.0847. The van der Waals surface area contributed by atoms with Gasteiger partial charge in [-0.15, -0.1) is 0 Å². The molecular weight excluding hydrogens is 326 g/mol. The van der Waals surface area contributed by atoms with Gasteiger partial charge >= 0.3 is 0 Å². The van der Waals surface area contributed by atoms with Gasteiger partial charge in [0.15, 0.2) is 0 Å². The molecule has 1 heterocycles. The maximum absolute atomic E-state index is 12.7. The van der Waals surface area contributed by atoms with Crippen LogP contribution in [-0.4, -0.2) is 18.1 Å². The van der Waals surface area contributed by atoms with E-state index in [1.807, 2.05) is 39.0 Å². The molecule has 2 aromatic carbocycles. The lowest BCUT2D eigenvalue weighted by Gasteiger charge is -2.38. The topological polar surface area (TPSA) is 47.6 Å². The molecule has 0 aliphatic carbocycles. The van der Waals surface area contributed by atoms with Crippen molar-refractivity contribution in [2.45, 2.75) is 38.8 Å². The first-order valence-corrected chi connectivity index (χ1v) is 8.82. The number of benzene rings is 2. The summed E-state index contributed by atoms with van der Waals surface area (Å²) < 4.78 is 11.6. The Labute approximate surface area is 154 Å². The lowest BCUT2D eigenvalue weighted by Crippen LogP contribution is -2.41. The van der Waals surface area contributed by atoms with Crippen molar-refractivity contribution in [1.82, 2.24) is 5.32 Å². The molecule has 0 unspecified atom stereocenters. The van der Waals surface area contributed by atoms with E-state index < -0.39 is 0 Å². The summed E-state index contributed by atoms with van der Waals surface area (Å²) in [6.07, 6.45) is 2.40. The Kier molecular flexibility index (Phi) is 5.03. The van der Waals surface area contributed by atoms with Gasteiger partial charge in [-0.3, -0.25) is 4.79 Å². The summed E-state index contributed by atoms with van der Waals surface area (Å²) in [5, 5.41) is 3.15. The van der Waals surface area contributed by atoms with Crippen LogP contribution >= 0.6 is 0 Å². The Morgan fingerprint density at radius 1 is 1.31 bits per heavy atom. The van der Waals surface area contributed by atoms with Gasteiger partial charge in [0.25, 0.3) is 5.91 Å². The van der Waals surface area contributed by atoms with Crippen LogP contribution in [0.2, 0.25) is 0 Å². The molecule has 0 saturated carbocycles. The highest BCUT2D eigenvalue weighted by atomic mass is 16.5. The highest BCUT2D eigenvalue weighted by Crippen LogP contribution is 2.40. The number of nitrogens with one attached hydrogen (secondary N) is 1. The number of fused-ring (bicyclic) bond motifs is 1. The van der Waals surface area contributed by atoms with E-state index in [-0.39, 0.29) is 17.6 Å². The fraction of sp³-hybridized carbons (Fsp3) is 0.318. The minimum atomic E-state index is -0.332. The molecule has 2 aromatic rings. The maximum Gasteiger partial charge on any atom is 0.251 e. The summed E-state index contributed by atoms with van der Waals surface area (Å²) in [6, 6.07) is 13.2. The van der Waals surface area contributed by atoms with Gasteiger partial charge in [0.05, 0.1) is 6.04 Å². The molecular formula is C22H25NO3. The van der Waals surface area contributed by atoms with Gasteiger partial charge < -0.3 is 14.8 Å². The van der Waals surface area contributed by atoms with Crippen LogP contribution in [-0.2, 0) is 0 Å². The monoisotopic (exact) mass is 351 g/mol. The predicted octanol–water partition coefficient (Wildman–Crippen LogP) is 4.59. The summed E-state index contributed by atoms with van der Waals surface area (Å²) in [5.74, 6) is 1.46. The first-order chi connectivity index (χ1) is 12.4. The zero-order valence-corrected chi connectivity index (χ0v) is 15.5. The van der Waals surface area contributed by atoms with Crippen molar-refractivity contribution in [2.24, 2.45) is 0 Å². The van der Waals surface area contributed by atoms with Gasteiger partial charge in [0.1, 0.15) is 23.7 Å². The van der Waals surface area contributed by atoms with Crippen LogP contribution < -0.4 is 14.8 Å². The molecule has 1 amide bonds. The van der Waals surface area contributed by atoms with Crippen molar-refractivity contribution in [2.75, 3.05) is 6.61 Å². The van der Waals surface area contributed by atoms with Gasteiger partial charge in [0, 0.05) is 17.5 Å². The third kappa shape index (κ3) is 4.07. The van der Waals surface area contributed by atoms with E-state index in [1.165, 1.54) is 0 Å². The van der Waals surface area contributed by atoms with Gasteiger partial charge in [-0.2, -0.15) is 0 Å². The third-order valence-corrected chi connectivity index (χ3v) is 4.42. The predicted molar refractivity (Wildman–Crippen MR) is 103 cm³/mol. The number of hydrogen-bond donors (Lipinski definition) is 1. The molecule has 4 heteroatoms. The van der Waals surface area contributed by atoms with Gasteiger partial charge in [-0.05, 0) is 56.7 Å². The molecule has 0 spiro atoms. The average molecular weight is 351 g/mol. The van der Waals surface area contributed by atoms with E-state index in [0.29, 0.717) is 12.2 Å². The van der Waals surface area contributed by atoms with E-state index in [9.17, 15) is 4.79 Å². The standard InChI is InChI=1S/C22H25NO3/c1-5-12-25-17-9-7-16(8-10-17)21(24)23-19-14-22(3,4)26-20-13-15(2)6-11-18(19)20/h5-11,13,19H,1,12,14H2,2-4H3,(H,23,24)/t19-/m1/s1. The SMILES string of the molecule is C=CCOc1ccc(C(=O)N[C@@H]2CC(C)(C)Oc3cc(C)ccc32)cc1. The van der Waals surface area contributed by atoms with Crippen LogP contribution in [0.5, 0.6) is 11.5 Å². The van der Waals surface area contributed by atoms with E-state index in [2.05, 4.69) is 11.9 Å². The zero-order valence-electron chi connectivity index (χ0n) is 15.5. The lowest BCUT2D eigenvalue weighted by molar-refractivity contribution is 0.0619. The second kappa shape index (κ2) is 7.24. The number of amides is 1. The van der Waals surface area contributed by atoms with Crippen LogP contribution in [0.3, 0.4) is 0 Å². The highest BCUT2D eigenvalue weighted by Gasteiger charge is 2.34. The Morgan fingerprint density at radius 3 is 2.73 bits per heavy atom. The Hall–Kier alpha value is -2.75. The zero-order chi connectivity index (χ0) is 18.7. The lowest BCUT2D eigenvalue weighted by atomic mass is 9.89. The molecule has 0 radical (unpaired) electrons. The third-order valence-electron chi connectivity index (χ3n) is 4.42. The molecule has 0 bridgehead atoms. The first-order valence-electron chi connectivity index (χ1n) is 8.82. The van der Waals surface area contributed by atoms with Crippen LogP contribution in [0.15, 0.2) is 55.1 Å². The van der Waals surface area contributed by atoms with Crippen LogP contribution in [0.4, 0.5) is 0 Å². The average Bonchev–Trinajstić information content (AvgIpc) is 2.59. The highest BCUT2D eigenvalue weighted by molar-refractivity contribution is 5.94. The number of hydrogen-bond acceptors (Lipinski definition) is 3. The smallest absolute Gasteiger partial charge is 0.251 e. The Morgan fingerprint density at radius 2 is 2.04 bits per heavy atom. The Bertz CT molecular complexity index is 809. The van der Waals surface area contributed by atoms with Crippen LogP contribution in [0, 0.1) is 6.92 Å². The van der Waals surface area contributed by atoms with Crippen LogP contribution in [0.1, 0.15) is 47.8 Å². The van der Waals surface area contributed by atoms with Crippen molar-refractivity contribution < 1.29 is 14.3 Å². The second-order valence-electron chi connectivity index (χ2n) is 7.26. The molecule has 1 N–H and O–H groups in total. The molecule has 4 nitrogen and oxygen atoms in total. The van der Waals surface area contributed by atoms with E-state index >= 15 is 0 Å². The summed E-state index contributed by atoms with van der Waals surface area (Å²) in [5.41, 5.74) is 2.44. The molecule has 0 aromatic heterocycles. The fourth-order valence-electron chi connectivity index (χ4n) is 3.19. The molecule has 136 valence electrons. The molecule has 3 rings (SSSR count). The van der Waals surface area contributed by atoms with Crippen molar-refractivity contribution in [3.63, 3.8) is 0 Å². The fourth-order valence-corrected chi connectivity index (χ4v) is 3.19. The van der Waals surface area contributed by atoms with Gasteiger partial charge in [-0.1, -0.05) is 24.8 Å². The number of carbonyl (C=O) groups is 1. The molecule has 1 aliphatic heterocycles. The largest absolute Gasteiger partial charge is 0.490 e. The maximum atomic E-state index is 12.7. The van der Waals surface area contributed by atoms with Crippen molar-refractivity contribution in [3.8, 4) is 11.5 Å². The number of aryl methyl sites for hydroxylation is 1. The van der Waals surface area contributed by atoms with Crippen molar-refractivity contribution in [3.05, 3.63) is 71.8 Å². The quantitative estimate of drug-likeness (QED) is 0.801.